The van der Waals surface area contributed by atoms with E-state index in [1.807, 2.05) is 6.07 Å². The van der Waals surface area contributed by atoms with Gasteiger partial charge in [0.25, 0.3) is 5.91 Å². The summed E-state index contributed by atoms with van der Waals surface area (Å²) in [5.74, 6) is -0.676. The van der Waals surface area contributed by atoms with Crippen LogP contribution in [0.4, 0.5) is 5.69 Å². The predicted molar refractivity (Wildman–Crippen MR) is 89.6 cm³/mol. The van der Waals surface area contributed by atoms with Crippen molar-refractivity contribution in [1.82, 2.24) is 19.7 Å². The van der Waals surface area contributed by atoms with Gasteiger partial charge in [0.2, 0.25) is 0 Å². The predicted octanol–water partition coefficient (Wildman–Crippen LogP) is 1.57. The number of methoxy groups -OCH3 is 1. The first-order valence-corrected chi connectivity index (χ1v) is 7.39. The second-order valence-corrected chi connectivity index (χ2v) is 5.05. The Morgan fingerprint density at radius 1 is 1.19 bits per heavy atom. The van der Waals surface area contributed by atoms with Crippen molar-refractivity contribution in [3.8, 4) is 11.9 Å². The van der Waals surface area contributed by atoms with Gasteiger partial charge in [0.1, 0.15) is 12.4 Å². The lowest BCUT2D eigenvalue weighted by Crippen LogP contribution is -2.17. The summed E-state index contributed by atoms with van der Waals surface area (Å²) in [5.41, 5.74) is 0.848. The van der Waals surface area contributed by atoms with Crippen LogP contribution in [0, 0.1) is 11.3 Å². The molecular weight excluding hydrogens is 336 g/mol. The van der Waals surface area contributed by atoms with Gasteiger partial charge in [-0.25, -0.2) is 9.78 Å². The number of carbonyl (C=O) groups excluding carboxylic acids is 2. The lowest BCUT2D eigenvalue weighted by atomic mass is 10.1. The molecule has 1 aromatic carbocycles. The topological polar surface area (TPSA) is 123 Å². The lowest BCUT2D eigenvalue weighted by molar-refractivity contribution is 0.0602. The van der Waals surface area contributed by atoms with Crippen molar-refractivity contribution in [1.29, 1.82) is 5.26 Å². The van der Waals surface area contributed by atoms with Gasteiger partial charge in [-0.15, -0.1) is 10.2 Å². The number of para-hydroxylation sites is 1. The van der Waals surface area contributed by atoms with Crippen LogP contribution < -0.4 is 5.32 Å². The fraction of sp³-hybridized carbons (Fsp3) is 0.0588. The van der Waals surface area contributed by atoms with Crippen LogP contribution in [0.5, 0.6) is 0 Å². The Bertz CT molecular complexity index is 1000. The first-order valence-electron chi connectivity index (χ1n) is 7.39. The quantitative estimate of drug-likeness (QED) is 0.710. The van der Waals surface area contributed by atoms with Crippen molar-refractivity contribution < 1.29 is 14.3 Å². The Morgan fingerprint density at radius 2 is 2.00 bits per heavy atom. The van der Waals surface area contributed by atoms with Crippen molar-refractivity contribution in [2.24, 2.45) is 0 Å². The van der Waals surface area contributed by atoms with E-state index < -0.39 is 11.9 Å². The van der Waals surface area contributed by atoms with E-state index in [0.717, 1.165) is 0 Å². The first-order chi connectivity index (χ1) is 12.6. The largest absolute Gasteiger partial charge is 0.465 e. The molecule has 0 aliphatic rings. The number of benzene rings is 1. The number of imidazole rings is 1. The molecule has 0 saturated heterocycles. The van der Waals surface area contributed by atoms with E-state index in [-0.39, 0.29) is 17.0 Å². The molecule has 0 unspecified atom stereocenters. The second-order valence-electron chi connectivity index (χ2n) is 5.05. The zero-order valence-electron chi connectivity index (χ0n) is 13.6. The summed E-state index contributed by atoms with van der Waals surface area (Å²) in [6, 6.07) is 11.4. The van der Waals surface area contributed by atoms with Gasteiger partial charge in [-0.2, -0.15) is 5.26 Å². The molecule has 26 heavy (non-hydrogen) atoms. The van der Waals surface area contributed by atoms with E-state index in [2.05, 4.69) is 20.5 Å². The number of nitriles is 1. The van der Waals surface area contributed by atoms with Crippen LogP contribution in [-0.4, -0.2) is 38.7 Å². The van der Waals surface area contributed by atoms with Crippen molar-refractivity contribution >= 4 is 17.6 Å². The van der Waals surface area contributed by atoms with Gasteiger partial charge < -0.3 is 10.1 Å². The number of nitrogens with zero attached hydrogens (tertiary/aromatic N) is 5. The van der Waals surface area contributed by atoms with Crippen LogP contribution in [0.3, 0.4) is 0 Å². The number of nitrogens with one attached hydrogen (secondary N) is 1. The molecule has 3 aromatic rings. The summed E-state index contributed by atoms with van der Waals surface area (Å²) in [6.07, 6.45) is 2.92. The molecule has 3 rings (SSSR count). The fourth-order valence-corrected chi connectivity index (χ4v) is 2.16. The van der Waals surface area contributed by atoms with E-state index >= 15 is 0 Å². The lowest BCUT2D eigenvalue weighted by Gasteiger charge is -2.09. The molecule has 9 heteroatoms. The second kappa shape index (κ2) is 7.23. The van der Waals surface area contributed by atoms with Gasteiger partial charge in [-0.05, 0) is 24.3 Å². The number of hydrogen-bond donors (Lipinski definition) is 1. The number of rotatable bonds is 4. The standard InChI is InChI=1S/C17H12N6O3/c1-26-17(25)12-4-2-3-5-13(12)20-16(24)14-6-7-15(22-21-14)23-9-11(8-18)19-10-23/h2-7,9-10H,1H3,(H,20,24). The molecule has 0 fully saturated rings. The molecule has 0 bridgehead atoms. The highest BCUT2D eigenvalue weighted by molar-refractivity contribution is 6.06. The Balaban J connectivity index is 1.79. The molecule has 2 aromatic heterocycles. The van der Waals surface area contributed by atoms with E-state index in [4.69, 9.17) is 10.00 Å². The number of esters is 1. The summed E-state index contributed by atoms with van der Waals surface area (Å²) < 4.78 is 6.20. The maximum Gasteiger partial charge on any atom is 0.339 e. The van der Waals surface area contributed by atoms with Gasteiger partial charge >= 0.3 is 5.97 Å². The van der Waals surface area contributed by atoms with E-state index in [1.54, 1.807) is 30.3 Å². The van der Waals surface area contributed by atoms with Crippen molar-refractivity contribution in [3.05, 3.63) is 65.9 Å². The minimum Gasteiger partial charge on any atom is -0.465 e. The van der Waals surface area contributed by atoms with Crippen LogP contribution in [0.2, 0.25) is 0 Å². The van der Waals surface area contributed by atoms with E-state index in [9.17, 15) is 9.59 Å². The Morgan fingerprint density at radius 3 is 2.65 bits per heavy atom. The third-order valence-corrected chi connectivity index (χ3v) is 3.43. The van der Waals surface area contributed by atoms with E-state index in [1.165, 1.54) is 30.3 Å². The summed E-state index contributed by atoms with van der Waals surface area (Å²) in [7, 11) is 1.26. The smallest absolute Gasteiger partial charge is 0.339 e. The Hall–Kier alpha value is -4.06. The Kier molecular flexibility index (Phi) is 4.67. The maximum atomic E-state index is 12.3. The average molecular weight is 348 g/mol. The highest BCUT2D eigenvalue weighted by Gasteiger charge is 2.15. The number of amides is 1. The number of ether oxygens (including phenoxy) is 1. The number of anilines is 1. The monoisotopic (exact) mass is 348 g/mol. The zero-order chi connectivity index (χ0) is 18.5. The normalized spacial score (nSPS) is 10.0. The SMILES string of the molecule is COC(=O)c1ccccc1NC(=O)c1ccc(-n2cnc(C#N)c2)nn1. The van der Waals surface area contributed by atoms with E-state index in [0.29, 0.717) is 11.5 Å². The maximum absolute atomic E-state index is 12.3. The molecule has 0 saturated carbocycles. The van der Waals surface area contributed by atoms with Gasteiger partial charge in [0, 0.05) is 6.20 Å². The van der Waals surface area contributed by atoms with Crippen molar-refractivity contribution in [2.45, 2.75) is 0 Å². The van der Waals surface area contributed by atoms with Crippen LogP contribution in [-0.2, 0) is 4.74 Å². The summed E-state index contributed by atoms with van der Waals surface area (Å²) in [6.45, 7) is 0. The molecular formula is C17H12N6O3. The molecule has 128 valence electrons. The minimum atomic E-state index is -0.560. The fourth-order valence-electron chi connectivity index (χ4n) is 2.16. The van der Waals surface area contributed by atoms with Gasteiger partial charge in [0.05, 0.1) is 18.4 Å². The molecule has 9 nitrogen and oxygen atoms in total. The third kappa shape index (κ3) is 3.39. The van der Waals surface area contributed by atoms with Crippen LogP contribution in [0.1, 0.15) is 26.5 Å². The number of carbonyl (C=O) groups is 2. The Labute approximate surface area is 147 Å². The summed E-state index contributed by atoms with van der Waals surface area (Å²) in [4.78, 5) is 28.0. The van der Waals surface area contributed by atoms with Crippen molar-refractivity contribution in [2.75, 3.05) is 12.4 Å². The number of aromatic nitrogens is 4. The highest BCUT2D eigenvalue weighted by Crippen LogP contribution is 2.17. The van der Waals surface area contributed by atoms with Crippen LogP contribution in [0.25, 0.3) is 5.82 Å². The van der Waals surface area contributed by atoms with Crippen LogP contribution >= 0.6 is 0 Å². The highest BCUT2D eigenvalue weighted by atomic mass is 16.5. The van der Waals surface area contributed by atoms with Gasteiger partial charge in [-0.1, -0.05) is 12.1 Å². The molecule has 0 aliphatic carbocycles. The van der Waals surface area contributed by atoms with Crippen LogP contribution in [0.15, 0.2) is 48.9 Å². The van der Waals surface area contributed by atoms with Gasteiger partial charge in [0.15, 0.2) is 17.2 Å². The zero-order valence-corrected chi connectivity index (χ0v) is 13.6. The molecule has 2 heterocycles. The summed E-state index contributed by atoms with van der Waals surface area (Å²) >= 11 is 0. The molecule has 0 atom stereocenters. The van der Waals surface area contributed by atoms with Gasteiger partial charge in [-0.3, -0.25) is 9.36 Å². The molecule has 0 radical (unpaired) electrons. The molecule has 1 amide bonds. The minimum absolute atomic E-state index is 0.0639. The third-order valence-electron chi connectivity index (χ3n) is 3.43. The average Bonchev–Trinajstić information content (AvgIpc) is 3.17. The number of hydrogen-bond acceptors (Lipinski definition) is 7. The first kappa shape index (κ1) is 16.8. The molecule has 1 N–H and O–H groups in total. The molecule has 0 spiro atoms. The molecule has 0 aliphatic heterocycles. The van der Waals surface area contributed by atoms with Crippen molar-refractivity contribution in [3.63, 3.8) is 0 Å². The summed E-state index contributed by atoms with van der Waals surface area (Å²) in [5, 5.41) is 19.2.